The number of hydrogen-bond donors (Lipinski definition) is 1. The zero-order valence-electron chi connectivity index (χ0n) is 12.3. The summed E-state index contributed by atoms with van der Waals surface area (Å²) in [5, 5.41) is 0. The first-order chi connectivity index (χ1) is 10.3. The van der Waals surface area contributed by atoms with Gasteiger partial charge in [0.2, 0.25) is 5.91 Å². The summed E-state index contributed by atoms with van der Waals surface area (Å²) in [7, 11) is 0. The number of fused-ring (bicyclic) bond motifs is 1. The Morgan fingerprint density at radius 2 is 2.19 bits per heavy atom. The quantitative estimate of drug-likeness (QED) is 0.886. The number of nitrogens with zero attached hydrogens (tertiary/aromatic N) is 2. The smallest absolute Gasteiger partial charge is 0.241 e. The predicted octanol–water partition coefficient (Wildman–Crippen LogP) is 0.625. The summed E-state index contributed by atoms with van der Waals surface area (Å²) in [6, 6.07) is 8.21. The third-order valence-electron chi connectivity index (χ3n) is 4.26. The third kappa shape index (κ3) is 3.26. The van der Waals surface area contributed by atoms with Crippen LogP contribution < -0.4 is 10.6 Å². The summed E-state index contributed by atoms with van der Waals surface area (Å²) in [5.41, 5.74) is 8.01. The van der Waals surface area contributed by atoms with Crippen molar-refractivity contribution < 1.29 is 9.53 Å². The highest BCUT2D eigenvalue weighted by Crippen LogP contribution is 2.26. The minimum Gasteiger partial charge on any atom is -0.374 e. The van der Waals surface area contributed by atoms with Gasteiger partial charge in [0.15, 0.2) is 0 Å². The first-order valence-corrected chi connectivity index (χ1v) is 7.70. The number of rotatable bonds is 3. The Balaban J connectivity index is 1.66. The number of anilines is 1. The fraction of sp³-hybridized carbons (Fsp3) is 0.562. The van der Waals surface area contributed by atoms with Crippen molar-refractivity contribution in [2.75, 3.05) is 44.2 Å². The van der Waals surface area contributed by atoms with E-state index in [-0.39, 0.29) is 12.0 Å². The molecular formula is C16H23N3O2. The summed E-state index contributed by atoms with van der Waals surface area (Å²) in [5.74, 6) is 0.180. The number of para-hydroxylation sites is 1. The van der Waals surface area contributed by atoms with Crippen molar-refractivity contribution in [3.63, 3.8) is 0 Å². The van der Waals surface area contributed by atoms with E-state index in [0.29, 0.717) is 19.7 Å². The molecule has 0 aromatic heterocycles. The summed E-state index contributed by atoms with van der Waals surface area (Å²) < 4.78 is 5.55. The maximum atomic E-state index is 12.6. The lowest BCUT2D eigenvalue weighted by Gasteiger charge is -2.35. The Labute approximate surface area is 125 Å². The van der Waals surface area contributed by atoms with Crippen LogP contribution in [-0.2, 0) is 16.0 Å². The predicted molar refractivity (Wildman–Crippen MR) is 82.4 cm³/mol. The number of carbonyl (C=O) groups excluding carboxylic acids is 1. The topological polar surface area (TPSA) is 58.8 Å². The molecule has 1 unspecified atom stereocenters. The molecule has 1 fully saturated rings. The van der Waals surface area contributed by atoms with Crippen LogP contribution in [0.4, 0.5) is 5.69 Å². The Hall–Kier alpha value is -1.43. The molecule has 0 radical (unpaired) electrons. The van der Waals surface area contributed by atoms with Gasteiger partial charge < -0.3 is 15.4 Å². The van der Waals surface area contributed by atoms with Gasteiger partial charge in [0, 0.05) is 31.9 Å². The molecular weight excluding hydrogens is 266 g/mol. The van der Waals surface area contributed by atoms with E-state index >= 15 is 0 Å². The van der Waals surface area contributed by atoms with Crippen molar-refractivity contribution in [2.24, 2.45) is 5.73 Å². The number of hydrogen-bond acceptors (Lipinski definition) is 4. The second-order valence-corrected chi connectivity index (χ2v) is 5.74. The molecule has 0 saturated carbocycles. The molecule has 0 aliphatic carbocycles. The Morgan fingerprint density at radius 3 is 3.05 bits per heavy atom. The second-order valence-electron chi connectivity index (χ2n) is 5.74. The van der Waals surface area contributed by atoms with E-state index in [0.717, 1.165) is 38.2 Å². The number of ether oxygens (including phenoxy) is 1. The normalized spacial score (nSPS) is 22.9. The number of nitrogens with two attached hydrogens (primary N) is 1. The molecule has 5 nitrogen and oxygen atoms in total. The standard InChI is InChI=1S/C16H23N3O2/c17-10-14-11-18(8-9-21-14)12-16(20)19-7-3-5-13-4-1-2-6-15(13)19/h1-2,4,6,14H,3,5,7-12,17H2. The number of carbonyl (C=O) groups is 1. The molecule has 3 rings (SSSR count). The highest BCUT2D eigenvalue weighted by Gasteiger charge is 2.26. The highest BCUT2D eigenvalue weighted by atomic mass is 16.5. The first-order valence-electron chi connectivity index (χ1n) is 7.70. The van der Waals surface area contributed by atoms with Gasteiger partial charge in [0.25, 0.3) is 0 Å². The van der Waals surface area contributed by atoms with Gasteiger partial charge in [-0.15, -0.1) is 0 Å². The molecule has 5 heteroatoms. The molecule has 0 bridgehead atoms. The molecule has 2 N–H and O–H groups in total. The molecule has 0 spiro atoms. The molecule has 1 atom stereocenters. The molecule has 2 aliphatic rings. The van der Waals surface area contributed by atoms with Gasteiger partial charge in [0.1, 0.15) is 0 Å². The minimum atomic E-state index is 0.0557. The average molecular weight is 289 g/mol. The Morgan fingerprint density at radius 1 is 1.33 bits per heavy atom. The van der Waals surface area contributed by atoms with Gasteiger partial charge >= 0.3 is 0 Å². The minimum absolute atomic E-state index is 0.0557. The maximum absolute atomic E-state index is 12.6. The number of aryl methyl sites for hydroxylation is 1. The number of amides is 1. The largest absolute Gasteiger partial charge is 0.374 e. The van der Waals surface area contributed by atoms with E-state index in [9.17, 15) is 4.79 Å². The molecule has 1 amide bonds. The van der Waals surface area contributed by atoms with Gasteiger partial charge in [0.05, 0.1) is 19.3 Å². The van der Waals surface area contributed by atoms with Crippen LogP contribution in [-0.4, -0.2) is 56.2 Å². The SMILES string of the molecule is NCC1CN(CC(=O)N2CCCc3ccccc32)CCO1. The van der Waals surface area contributed by atoms with E-state index < -0.39 is 0 Å². The van der Waals surface area contributed by atoms with Gasteiger partial charge in [-0.05, 0) is 24.5 Å². The van der Waals surface area contributed by atoms with Crippen LogP contribution in [0.3, 0.4) is 0 Å². The van der Waals surface area contributed by atoms with Crippen molar-refractivity contribution in [3.05, 3.63) is 29.8 Å². The van der Waals surface area contributed by atoms with Crippen LogP contribution in [0.5, 0.6) is 0 Å². The van der Waals surface area contributed by atoms with E-state index in [1.165, 1.54) is 5.56 Å². The van der Waals surface area contributed by atoms with Crippen molar-refractivity contribution in [1.29, 1.82) is 0 Å². The molecule has 114 valence electrons. The van der Waals surface area contributed by atoms with Crippen LogP contribution in [0.2, 0.25) is 0 Å². The zero-order valence-corrected chi connectivity index (χ0v) is 12.3. The Kier molecular flexibility index (Phi) is 4.53. The van der Waals surface area contributed by atoms with Gasteiger partial charge in [-0.25, -0.2) is 0 Å². The molecule has 1 aromatic rings. The van der Waals surface area contributed by atoms with Gasteiger partial charge in [-0.2, -0.15) is 0 Å². The summed E-state index contributed by atoms with van der Waals surface area (Å²) in [6.07, 6.45) is 2.16. The van der Waals surface area contributed by atoms with E-state index in [1.54, 1.807) is 0 Å². The van der Waals surface area contributed by atoms with Crippen LogP contribution in [0.1, 0.15) is 12.0 Å². The zero-order chi connectivity index (χ0) is 14.7. The monoisotopic (exact) mass is 289 g/mol. The average Bonchev–Trinajstić information content (AvgIpc) is 2.54. The number of benzene rings is 1. The third-order valence-corrected chi connectivity index (χ3v) is 4.26. The second kappa shape index (κ2) is 6.56. The van der Waals surface area contributed by atoms with Crippen LogP contribution in [0.15, 0.2) is 24.3 Å². The fourth-order valence-corrected chi connectivity index (χ4v) is 3.14. The summed E-state index contributed by atoms with van der Waals surface area (Å²) in [4.78, 5) is 16.7. The van der Waals surface area contributed by atoms with Crippen molar-refractivity contribution in [1.82, 2.24) is 4.90 Å². The molecule has 2 heterocycles. The van der Waals surface area contributed by atoms with Crippen molar-refractivity contribution in [3.8, 4) is 0 Å². The molecule has 1 saturated heterocycles. The first kappa shape index (κ1) is 14.5. The van der Waals surface area contributed by atoms with Gasteiger partial charge in [-0.3, -0.25) is 9.69 Å². The lowest BCUT2D eigenvalue weighted by atomic mass is 10.0. The summed E-state index contributed by atoms with van der Waals surface area (Å²) in [6.45, 7) is 3.99. The van der Waals surface area contributed by atoms with Crippen LogP contribution in [0, 0.1) is 0 Å². The highest BCUT2D eigenvalue weighted by molar-refractivity contribution is 5.95. The van der Waals surface area contributed by atoms with Crippen LogP contribution in [0.25, 0.3) is 0 Å². The van der Waals surface area contributed by atoms with E-state index in [4.69, 9.17) is 10.5 Å². The lowest BCUT2D eigenvalue weighted by Crippen LogP contribution is -2.50. The molecule has 2 aliphatic heterocycles. The summed E-state index contributed by atoms with van der Waals surface area (Å²) >= 11 is 0. The van der Waals surface area contributed by atoms with E-state index in [1.807, 2.05) is 23.1 Å². The Bertz CT molecular complexity index is 506. The van der Waals surface area contributed by atoms with Crippen molar-refractivity contribution >= 4 is 11.6 Å². The fourth-order valence-electron chi connectivity index (χ4n) is 3.14. The number of morpholine rings is 1. The van der Waals surface area contributed by atoms with E-state index in [2.05, 4.69) is 11.0 Å². The van der Waals surface area contributed by atoms with Crippen molar-refractivity contribution in [2.45, 2.75) is 18.9 Å². The molecule has 21 heavy (non-hydrogen) atoms. The molecule has 1 aromatic carbocycles. The van der Waals surface area contributed by atoms with Gasteiger partial charge in [-0.1, -0.05) is 18.2 Å². The van der Waals surface area contributed by atoms with Crippen LogP contribution >= 0.6 is 0 Å². The maximum Gasteiger partial charge on any atom is 0.241 e. The lowest BCUT2D eigenvalue weighted by molar-refractivity contribution is -0.121.